The molecule has 5 rings (SSSR count). The van der Waals surface area contributed by atoms with Crippen molar-refractivity contribution in [1.82, 2.24) is 9.88 Å². The molecule has 4 nitrogen and oxygen atoms in total. The molecule has 2 heterocycles. The van der Waals surface area contributed by atoms with Crippen molar-refractivity contribution >= 4 is 0 Å². The number of aliphatic hydroxyl groups is 1. The maximum atomic E-state index is 13.5. The van der Waals surface area contributed by atoms with Crippen LogP contribution in [0.25, 0.3) is 0 Å². The van der Waals surface area contributed by atoms with Gasteiger partial charge in [-0.1, -0.05) is 42.8 Å². The van der Waals surface area contributed by atoms with Crippen molar-refractivity contribution in [3.8, 4) is 5.75 Å². The molecule has 2 fully saturated rings. The molecular weight excluding hydrogens is 403 g/mol. The number of rotatable bonds is 6. The molecule has 5 heteroatoms. The molecule has 32 heavy (non-hydrogen) atoms. The summed E-state index contributed by atoms with van der Waals surface area (Å²) in [6, 6.07) is 18.5. The Balaban J connectivity index is 1.31. The number of piperidine rings is 1. The highest BCUT2D eigenvalue weighted by Crippen LogP contribution is 2.49. The molecule has 166 valence electrons. The van der Waals surface area contributed by atoms with Crippen LogP contribution in [0.4, 0.5) is 4.39 Å². The first-order chi connectivity index (χ1) is 15.6. The van der Waals surface area contributed by atoms with E-state index < -0.39 is 5.60 Å². The number of aromatic nitrogens is 1. The first-order valence-corrected chi connectivity index (χ1v) is 11.4. The molecule has 1 aliphatic heterocycles. The van der Waals surface area contributed by atoms with Gasteiger partial charge in [-0.15, -0.1) is 0 Å². The molecule has 1 saturated heterocycles. The van der Waals surface area contributed by atoms with Crippen LogP contribution in [0.2, 0.25) is 0 Å². The molecule has 3 aromatic rings. The van der Waals surface area contributed by atoms with Gasteiger partial charge in [-0.3, -0.25) is 9.88 Å². The summed E-state index contributed by atoms with van der Waals surface area (Å²) in [5, 5.41) is 11.8. The van der Waals surface area contributed by atoms with E-state index in [1.54, 1.807) is 12.3 Å². The topological polar surface area (TPSA) is 45.6 Å². The van der Waals surface area contributed by atoms with E-state index in [1.807, 2.05) is 42.6 Å². The predicted molar refractivity (Wildman–Crippen MR) is 121 cm³/mol. The molecule has 2 aromatic carbocycles. The highest BCUT2D eigenvalue weighted by Gasteiger charge is 2.51. The Kier molecular flexibility index (Phi) is 5.94. The van der Waals surface area contributed by atoms with E-state index in [0.717, 1.165) is 54.9 Å². The maximum Gasteiger partial charge on any atom is 0.124 e. The van der Waals surface area contributed by atoms with Crippen molar-refractivity contribution in [2.45, 2.75) is 38.0 Å². The van der Waals surface area contributed by atoms with Gasteiger partial charge < -0.3 is 9.84 Å². The molecule has 1 aliphatic carbocycles. The summed E-state index contributed by atoms with van der Waals surface area (Å²) in [5.74, 6) is 0.967. The van der Waals surface area contributed by atoms with Gasteiger partial charge in [0.25, 0.3) is 0 Å². The third-order valence-electron chi connectivity index (χ3n) is 7.08. The van der Waals surface area contributed by atoms with E-state index in [9.17, 15) is 9.50 Å². The third-order valence-corrected chi connectivity index (χ3v) is 7.08. The largest absolute Gasteiger partial charge is 0.489 e. The number of nitrogens with zero attached hydrogens (tertiary/aromatic N) is 2. The summed E-state index contributed by atoms with van der Waals surface area (Å²) in [6.07, 6.45) is 6.81. The fourth-order valence-electron chi connectivity index (χ4n) is 5.55. The number of ether oxygens (including phenoxy) is 1. The Hall–Kier alpha value is -2.76. The van der Waals surface area contributed by atoms with Gasteiger partial charge in [0.1, 0.15) is 18.2 Å². The number of halogens is 1. The van der Waals surface area contributed by atoms with Crippen molar-refractivity contribution in [2.24, 2.45) is 11.8 Å². The number of hydrogen-bond acceptors (Lipinski definition) is 4. The third kappa shape index (κ3) is 4.15. The minimum atomic E-state index is -0.795. The second-order valence-electron chi connectivity index (χ2n) is 9.11. The smallest absolute Gasteiger partial charge is 0.124 e. The number of fused-ring (bicyclic) bond motifs is 2. The highest BCUT2D eigenvalue weighted by molar-refractivity contribution is 5.34. The second-order valence-corrected chi connectivity index (χ2v) is 9.11. The average Bonchev–Trinajstić information content (AvgIpc) is 2.80. The molecule has 0 spiro atoms. The Morgan fingerprint density at radius 3 is 2.59 bits per heavy atom. The summed E-state index contributed by atoms with van der Waals surface area (Å²) >= 11 is 0. The molecule has 0 radical (unpaired) electrons. The molecule has 1 aromatic heterocycles. The Labute approximate surface area is 188 Å². The monoisotopic (exact) mass is 432 g/mol. The Bertz CT molecular complexity index is 1040. The molecule has 1 saturated carbocycles. The molecule has 0 unspecified atom stereocenters. The van der Waals surface area contributed by atoms with Gasteiger partial charge in [0, 0.05) is 55.0 Å². The van der Waals surface area contributed by atoms with Gasteiger partial charge in [0.15, 0.2) is 0 Å². The molecule has 0 amide bonds. The lowest BCUT2D eigenvalue weighted by molar-refractivity contribution is -0.148. The van der Waals surface area contributed by atoms with Crippen LogP contribution in [0.5, 0.6) is 5.75 Å². The number of para-hydroxylation sites is 1. The van der Waals surface area contributed by atoms with Crippen molar-refractivity contribution in [3.05, 3.63) is 95.6 Å². The van der Waals surface area contributed by atoms with E-state index in [0.29, 0.717) is 6.61 Å². The number of likely N-dealkylation sites (tertiary alicyclic amines) is 1. The van der Waals surface area contributed by atoms with Crippen LogP contribution in [-0.4, -0.2) is 28.1 Å². The van der Waals surface area contributed by atoms with Crippen molar-refractivity contribution in [1.29, 1.82) is 0 Å². The molecule has 1 N–H and O–H groups in total. The zero-order chi connectivity index (χ0) is 22.0. The van der Waals surface area contributed by atoms with Gasteiger partial charge in [0.05, 0.1) is 5.60 Å². The standard InChI is InChI=1S/C27H29FN2O2/c28-25-11-3-6-20(14-25)19-32-26-12-2-1-7-21(26)16-30-17-23-8-4-9-24(18-30)27(23,31)22-10-5-13-29-15-22/h1-3,5-7,10-15,23-24,31H,4,8-9,16-19H2/t23-,24-/m1/s1. The average molecular weight is 433 g/mol. The number of pyridine rings is 1. The zero-order valence-corrected chi connectivity index (χ0v) is 18.2. The van der Waals surface area contributed by atoms with Gasteiger partial charge >= 0.3 is 0 Å². The molecular formula is C27H29FN2O2. The molecule has 2 bridgehead atoms. The van der Waals surface area contributed by atoms with Crippen LogP contribution in [0.1, 0.15) is 36.0 Å². The number of hydrogen-bond donors (Lipinski definition) is 1. The van der Waals surface area contributed by atoms with E-state index >= 15 is 0 Å². The van der Waals surface area contributed by atoms with Gasteiger partial charge in [-0.2, -0.15) is 0 Å². The lowest BCUT2D eigenvalue weighted by Gasteiger charge is -2.53. The van der Waals surface area contributed by atoms with E-state index in [2.05, 4.69) is 16.0 Å². The maximum absolute atomic E-state index is 13.5. The lowest BCUT2D eigenvalue weighted by atomic mass is 9.63. The first kappa shape index (κ1) is 21.1. The minimum Gasteiger partial charge on any atom is -0.489 e. The summed E-state index contributed by atoms with van der Waals surface area (Å²) in [7, 11) is 0. The van der Waals surface area contributed by atoms with Crippen LogP contribution < -0.4 is 4.74 Å². The van der Waals surface area contributed by atoms with Crippen molar-refractivity contribution in [3.63, 3.8) is 0 Å². The minimum absolute atomic E-state index is 0.194. The zero-order valence-electron chi connectivity index (χ0n) is 18.2. The summed E-state index contributed by atoms with van der Waals surface area (Å²) in [5.41, 5.74) is 2.09. The van der Waals surface area contributed by atoms with Gasteiger partial charge in [0.2, 0.25) is 0 Å². The van der Waals surface area contributed by atoms with Crippen LogP contribution >= 0.6 is 0 Å². The summed E-state index contributed by atoms with van der Waals surface area (Å²) in [4.78, 5) is 6.72. The molecule has 2 atom stereocenters. The SMILES string of the molecule is OC1(c2cccnc2)[C@@H]2CCC[C@@H]1CN(Cc1ccccc1OCc1cccc(F)c1)C2. The molecule has 2 aliphatic rings. The van der Waals surface area contributed by atoms with Crippen LogP contribution in [0.3, 0.4) is 0 Å². The first-order valence-electron chi connectivity index (χ1n) is 11.4. The Morgan fingerprint density at radius 1 is 1.03 bits per heavy atom. The Morgan fingerprint density at radius 2 is 1.84 bits per heavy atom. The second kappa shape index (κ2) is 9.00. The fraction of sp³-hybridized carbons (Fsp3) is 0.370. The van der Waals surface area contributed by atoms with Crippen molar-refractivity contribution in [2.75, 3.05) is 13.1 Å². The summed E-state index contributed by atoms with van der Waals surface area (Å²) < 4.78 is 19.6. The van der Waals surface area contributed by atoms with Crippen molar-refractivity contribution < 1.29 is 14.2 Å². The van der Waals surface area contributed by atoms with E-state index in [4.69, 9.17) is 4.74 Å². The highest BCUT2D eigenvalue weighted by atomic mass is 19.1. The normalized spacial score (nSPS) is 25.4. The predicted octanol–water partition coefficient (Wildman–Crippen LogP) is 4.92. The van der Waals surface area contributed by atoms with Crippen LogP contribution in [0.15, 0.2) is 73.1 Å². The van der Waals surface area contributed by atoms with Crippen LogP contribution in [0, 0.1) is 17.7 Å². The van der Waals surface area contributed by atoms with E-state index in [1.165, 1.54) is 18.6 Å². The van der Waals surface area contributed by atoms with Gasteiger partial charge in [-0.05, 0) is 42.7 Å². The van der Waals surface area contributed by atoms with Crippen LogP contribution in [-0.2, 0) is 18.8 Å². The quantitative estimate of drug-likeness (QED) is 0.601. The fourth-order valence-corrected chi connectivity index (χ4v) is 5.55. The lowest BCUT2D eigenvalue weighted by Crippen LogP contribution is -2.57. The number of benzene rings is 2. The summed E-state index contributed by atoms with van der Waals surface area (Å²) in [6.45, 7) is 2.80. The van der Waals surface area contributed by atoms with E-state index in [-0.39, 0.29) is 17.7 Å². The van der Waals surface area contributed by atoms with Gasteiger partial charge in [-0.25, -0.2) is 4.39 Å².